The summed E-state index contributed by atoms with van der Waals surface area (Å²) in [6.07, 6.45) is 7.48. The van der Waals surface area contributed by atoms with E-state index < -0.39 is 10.2 Å². The predicted octanol–water partition coefficient (Wildman–Crippen LogP) is 1.20. The van der Waals surface area contributed by atoms with Gasteiger partial charge in [-0.15, -0.1) is 0 Å². The summed E-state index contributed by atoms with van der Waals surface area (Å²) >= 11 is 0. The molecule has 2 aromatic heterocycles. The summed E-state index contributed by atoms with van der Waals surface area (Å²) in [6, 6.07) is 5.81. The van der Waals surface area contributed by atoms with Gasteiger partial charge in [-0.1, -0.05) is 12.5 Å². The largest absolute Gasteiger partial charge is 0.307 e. The smallest absolute Gasteiger partial charge is 0.279 e. The van der Waals surface area contributed by atoms with E-state index >= 15 is 0 Å². The number of pyridine rings is 1. The molecule has 2 aromatic rings. The second-order valence-corrected chi connectivity index (χ2v) is 7.06. The van der Waals surface area contributed by atoms with Gasteiger partial charge < -0.3 is 4.40 Å². The molecule has 0 amide bonds. The van der Waals surface area contributed by atoms with Crippen molar-refractivity contribution in [3.63, 3.8) is 0 Å². The second kappa shape index (κ2) is 6.13. The molecule has 0 radical (unpaired) electrons. The van der Waals surface area contributed by atoms with Crippen LogP contribution in [0, 0.1) is 0 Å². The first-order valence-electron chi connectivity index (χ1n) is 7.32. The van der Waals surface area contributed by atoms with Crippen molar-refractivity contribution in [1.82, 2.24) is 18.4 Å². The van der Waals surface area contributed by atoms with E-state index in [-0.39, 0.29) is 0 Å². The lowest BCUT2D eigenvalue weighted by Gasteiger charge is -2.25. The van der Waals surface area contributed by atoms with Crippen LogP contribution >= 0.6 is 0 Å². The Morgan fingerprint density at radius 3 is 2.76 bits per heavy atom. The van der Waals surface area contributed by atoms with Crippen LogP contribution in [0.3, 0.4) is 0 Å². The number of aromatic nitrogens is 2. The van der Waals surface area contributed by atoms with Crippen LogP contribution in [0.5, 0.6) is 0 Å². The molecule has 1 N–H and O–H groups in total. The fourth-order valence-corrected chi connectivity index (χ4v) is 3.89. The molecule has 0 aromatic carbocycles. The quantitative estimate of drug-likeness (QED) is 0.902. The molecule has 0 aliphatic carbocycles. The van der Waals surface area contributed by atoms with E-state index in [4.69, 9.17) is 0 Å². The summed E-state index contributed by atoms with van der Waals surface area (Å²) in [6.45, 7) is 1.64. The Morgan fingerprint density at radius 2 is 2.00 bits per heavy atom. The Bertz CT molecular complexity index is 672. The Balaban J connectivity index is 1.57. The normalized spacial score (nSPS) is 17.3. The molecule has 0 bridgehead atoms. The summed E-state index contributed by atoms with van der Waals surface area (Å²) in [5, 5.41) is 0. The van der Waals surface area contributed by atoms with Crippen molar-refractivity contribution >= 4 is 15.9 Å². The highest BCUT2D eigenvalue weighted by molar-refractivity contribution is 7.87. The van der Waals surface area contributed by atoms with E-state index in [1.807, 2.05) is 35.0 Å². The molecule has 0 unspecified atom stereocenters. The third kappa shape index (κ3) is 3.42. The molecule has 1 aliphatic heterocycles. The van der Waals surface area contributed by atoms with E-state index in [0.29, 0.717) is 26.1 Å². The number of rotatable bonds is 5. The van der Waals surface area contributed by atoms with Crippen molar-refractivity contribution in [1.29, 1.82) is 0 Å². The predicted molar refractivity (Wildman–Crippen MR) is 81.2 cm³/mol. The highest BCUT2D eigenvalue weighted by Crippen LogP contribution is 2.12. The van der Waals surface area contributed by atoms with Gasteiger partial charge in [0, 0.05) is 38.4 Å². The molecule has 3 rings (SSSR count). The maximum atomic E-state index is 12.1. The number of fused-ring (bicyclic) bond motifs is 1. The van der Waals surface area contributed by atoms with E-state index in [0.717, 1.165) is 30.6 Å². The number of piperidine rings is 1. The fraction of sp³-hybridized carbons (Fsp3) is 0.500. The van der Waals surface area contributed by atoms with Gasteiger partial charge in [-0.05, 0) is 25.0 Å². The van der Waals surface area contributed by atoms with Crippen LogP contribution in [0.2, 0.25) is 0 Å². The first kappa shape index (κ1) is 14.5. The highest BCUT2D eigenvalue weighted by Gasteiger charge is 2.22. The number of nitrogens with one attached hydrogen (secondary N) is 1. The van der Waals surface area contributed by atoms with Gasteiger partial charge in [0.15, 0.2) is 0 Å². The third-order valence-electron chi connectivity index (χ3n) is 3.73. The standard InChI is InChI=1S/C14H20N4O2S/c19-21(20,18-10-3-1-4-11-18)15-8-7-13-12-17-9-5-2-6-14(17)16-13/h2,5-6,9,12,15H,1,3-4,7-8,10-11H2. The molecule has 7 heteroatoms. The van der Waals surface area contributed by atoms with Crippen molar-refractivity contribution in [2.75, 3.05) is 19.6 Å². The molecule has 0 spiro atoms. The zero-order valence-corrected chi connectivity index (χ0v) is 12.7. The lowest BCUT2D eigenvalue weighted by atomic mass is 10.2. The zero-order chi connectivity index (χ0) is 14.7. The topological polar surface area (TPSA) is 66.7 Å². The van der Waals surface area contributed by atoms with Crippen molar-refractivity contribution in [2.45, 2.75) is 25.7 Å². The van der Waals surface area contributed by atoms with Gasteiger partial charge in [-0.2, -0.15) is 12.7 Å². The van der Waals surface area contributed by atoms with Gasteiger partial charge in [0.05, 0.1) is 5.69 Å². The number of hydrogen-bond acceptors (Lipinski definition) is 3. The van der Waals surface area contributed by atoms with Crippen molar-refractivity contribution < 1.29 is 8.42 Å². The molecular weight excluding hydrogens is 288 g/mol. The Labute approximate surface area is 125 Å². The van der Waals surface area contributed by atoms with Gasteiger partial charge >= 0.3 is 0 Å². The lowest BCUT2D eigenvalue weighted by molar-refractivity contribution is 0.342. The maximum absolute atomic E-state index is 12.1. The van der Waals surface area contributed by atoms with E-state index in [1.165, 1.54) is 0 Å². The van der Waals surface area contributed by atoms with Crippen LogP contribution < -0.4 is 4.72 Å². The first-order chi connectivity index (χ1) is 10.1. The lowest BCUT2D eigenvalue weighted by Crippen LogP contribution is -2.44. The summed E-state index contributed by atoms with van der Waals surface area (Å²) < 4.78 is 30.4. The Morgan fingerprint density at radius 1 is 1.19 bits per heavy atom. The van der Waals surface area contributed by atoms with Crippen LogP contribution in [0.25, 0.3) is 5.65 Å². The molecule has 0 saturated carbocycles. The van der Waals surface area contributed by atoms with Crippen LogP contribution in [0.4, 0.5) is 0 Å². The molecule has 1 aliphatic rings. The van der Waals surface area contributed by atoms with Gasteiger partial charge in [0.2, 0.25) is 0 Å². The van der Waals surface area contributed by atoms with Gasteiger partial charge in [0.1, 0.15) is 5.65 Å². The van der Waals surface area contributed by atoms with E-state index in [9.17, 15) is 8.42 Å². The minimum absolute atomic E-state index is 0.378. The number of nitrogens with zero attached hydrogens (tertiary/aromatic N) is 3. The fourth-order valence-electron chi connectivity index (χ4n) is 2.61. The van der Waals surface area contributed by atoms with Crippen LogP contribution in [0.1, 0.15) is 25.0 Å². The van der Waals surface area contributed by atoms with Crippen LogP contribution in [-0.2, 0) is 16.6 Å². The summed E-state index contributed by atoms with van der Waals surface area (Å²) in [7, 11) is -3.33. The monoisotopic (exact) mass is 308 g/mol. The van der Waals surface area contributed by atoms with Crippen molar-refractivity contribution in [3.05, 3.63) is 36.3 Å². The minimum atomic E-state index is -3.33. The summed E-state index contributed by atoms with van der Waals surface area (Å²) in [4.78, 5) is 4.46. The van der Waals surface area contributed by atoms with E-state index in [1.54, 1.807) is 4.31 Å². The molecule has 0 atom stereocenters. The molecule has 1 saturated heterocycles. The minimum Gasteiger partial charge on any atom is -0.307 e. The van der Waals surface area contributed by atoms with Crippen LogP contribution in [0.15, 0.2) is 30.6 Å². The second-order valence-electron chi connectivity index (χ2n) is 5.31. The summed E-state index contributed by atoms with van der Waals surface area (Å²) in [5.41, 5.74) is 1.77. The Hall–Kier alpha value is -1.44. The van der Waals surface area contributed by atoms with Crippen molar-refractivity contribution in [3.8, 4) is 0 Å². The average molecular weight is 308 g/mol. The van der Waals surface area contributed by atoms with Gasteiger partial charge in [0.25, 0.3) is 10.2 Å². The van der Waals surface area contributed by atoms with Gasteiger partial charge in [-0.3, -0.25) is 0 Å². The molecule has 1 fully saturated rings. The average Bonchev–Trinajstić information content (AvgIpc) is 2.90. The number of hydrogen-bond donors (Lipinski definition) is 1. The summed E-state index contributed by atoms with van der Waals surface area (Å²) in [5.74, 6) is 0. The number of imidazole rings is 1. The van der Waals surface area contributed by atoms with Gasteiger partial charge in [-0.25, -0.2) is 9.71 Å². The SMILES string of the molecule is O=S(=O)(NCCc1cn2ccccc2n1)N1CCCCC1. The maximum Gasteiger partial charge on any atom is 0.279 e. The van der Waals surface area contributed by atoms with Crippen molar-refractivity contribution in [2.24, 2.45) is 0 Å². The van der Waals surface area contributed by atoms with Crippen LogP contribution in [-0.4, -0.2) is 41.7 Å². The highest BCUT2D eigenvalue weighted by atomic mass is 32.2. The molecule has 6 nitrogen and oxygen atoms in total. The zero-order valence-electron chi connectivity index (χ0n) is 11.9. The third-order valence-corrected chi connectivity index (χ3v) is 5.35. The molecule has 114 valence electrons. The Kier molecular flexibility index (Phi) is 4.23. The van der Waals surface area contributed by atoms with E-state index in [2.05, 4.69) is 9.71 Å². The molecular formula is C14H20N4O2S. The first-order valence-corrected chi connectivity index (χ1v) is 8.76. The molecule has 21 heavy (non-hydrogen) atoms. The molecule has 3 heterocycles.